The van der Waals surface area contributed by atoms with Crippen molar-refractivity contribution in [1.29, 1.82) is 0 Å². The number of rotatable bonds is 3. The molecule has 0 spiro atoms. The Bertz CT molecular complexity index is 626. The summed E-state index contributed by atoms with van der Waals surface area (Å²) in [5.41, 5.74) is 8.70. The van der Waals surface area contributed by atoms with Gasteiger partial charge in [0.25, 0.3) is 5.91 Å². The summed E-state index contributed by atoms with van der Waals surface area (Å²) in [5, 5.41) is 0.477. The van der Waals surface area contributed by atoms with Gasteiger partial charge in [-0.05, 0) is 30.2 Å². The number of nitrogen functional groups attached to an aromatic ring is 1. The van der Waals surface area contributed by atoms with Crippen LogP contribution in [0.5, 0.6) is 0 Å². The largest absolute Gasteiger partial charge is 0.398 e. The summed E-state index contributed by atoms with van der Waals surface area (Å²) in [4.78, 5) is 14.1. The highest BCUT2D eigenvalue weighted by Crippen LogP contribution is 2.24. The van der Waals surface area contributed by atoms with Gasteiger partial charge in [-0.3, -0.25) is 4.79 Å². The van der Waals surface area contributed by atoms with Gasteiger partial charge in [-0.25, -0.2) is 0 Å². The standard InChI is InChI=1S/C16H17ClN2O/c1-11-8-14(17)15(18)9-13(11)16(20)19(2)10-12-6-4-3-5-7-12/h3-9H,10,18H2,1-2H3. The van der Waals surface area contributed by atoms with E-state index >= 15 is 0 Å². The van der Waals surface area contributed by atoms with E-state index in [4.69, 9.17) is 17.3 Å². The van der Waals surface area contributed by atoms with Crippen LogP contribution >= 0.6 is 11.6 Å². The lowest BCUT2D eigenvalue weighted by Gasteiger charge is -2.19. The summed E-state index contributed by atoms with van der Waals surface area (Å²) < 4.78 is 0. The minimum atomic E-state index is -0.0604. The summed E-state index contributed by atoms with van der Waals surface area (Å²) >= 11 is 5.95. The van der Waals surface area contributed by atoms with Crippen molar-refractivity contribution in [1.82, 2.24) is 4.90 Å². The van der Waals surface area contributed by atoms with Crippen molar-refractivity contribution in [2.24, 2.45) is 0 Å². The molecule has 0 saturated carbocycles. The van der Waals surface area contributed by atoms with Crippen LogP contribution in [0.3, 0.4) is 0 Å². The van der Waals surface area contributed by atoms with Gasteiger partial charge in [0.05, 0.1) is 10.7 Å². The van der Waals surface area contributed by atoms with E-state index in [1.807, 2.05) is 37.3 Å². The highest BCUT2D eigenvalue weighted by Gasteiger charge is 2.16. The topological polar surface area (TPSA) is 46.3 Å². The number of nitrogens with two attached hydrogens (primary N) is 1. The van der Waals surface area contributed by atoms with E-state index in [-0.39, 0.29) is 5.91 Å². The van der Waals surface area contributed by atoms with Crippen molar-refractivity contribution in [3.8, 4) is 0 Å². The zero-order valence-electron chi connectivity index (χ0n) is 11.6. The molecule has 2 N–H and O–H groups in total. The van der Waals surface area contributed by atoms with E-state index < -0.39 is 0 Å². The third kappa shape index (κ3) is 3.11. The third-order valence-electron chi connectivity index (χ3n) is 3.18. The van der Waals surface area contributed by atoms with Crippen LogP contribution in [0.2, 0.25) is 5.02 Å². The van der Waals surface area contributed by atoms with Gasteiger partial charge in [0.1, 0.15) is 0 Å². The molecule has 0 aliphatic rings. The maximum absolute atomic E-state index is 12.5. The molecular weight excluding hydrogens is 272 g/mol. The van der Waals surface area contributed by atoms with Crippen molar-refractivity contribution < 1.29 is 4.79 Å². The number of aryl methyl sites for hydroxylation is 1. The lowest BCUT2D eigenvalue weighted by Crippen LogP contribution is -2.27. The van der Waals surface area contributed by atoms with Gasteiger partial charge in [-0.15, -0.1) is 0 Å². The van der Waals surface area contributed by atoms with Crippen LogP contribution in [-0.2, 0) is 6.54 Å². The first-order chi connectivity index (χ1) is 9.49. The SMILES string of the molecule is Cc1cc(Cl)c(N)cc1C(=O)N(C)Cc1ccccc1. The van der Waals surface area contributed by atoms with Crippen molar-refractivity contribution in [2.75, 3.05) is 12.8 Å². The molecule has 0 atom stereocenters. The quantitative estimate of drug-likeness (QED) is 0.879. The lowest BCUT2D eigenvalue weighted by molar-refractivity contribution is 0.0784. The Hall–Kier alpha value is -2.00. The second kappa shape index (κ2) is 5.97. The number of carbonyl (C=O) groups excluding carboxylic acids is 1. The molecule has 0 fully saturated rings. The lowest BCUT2D eigenvalue weighted by atomic mass is 10.1. The maximum atomic E-state index is 12.5. The summed E-state index contributed by atoms with van der Waals surface area (Å²) in [5.74, 6) is -0.0604. The number of benzene rings is 2. The highest BCUT2D eigenvalue weighted by atomic mass is 35.5. The van der Waals surface area contributed by atoms with Crippen LogP contribution < -0.4 is 5.73 Å². The maximum Gasteiger partial charge on any atom is 0.254 e. The fourth-order valence-corrected chi connectivity index (χ4v) is 2.27. The average molecular weight is 289 g/mol. The number of nitrogens with zero attached hydrogens (tertiary/aromatic N) is 1. The van der Waals surface area contributed by atoms with Crippen molar-refractivity contribution in [3.05, 3.63) is 64.2 Å². The predicted molar refractivity (Wildman–Crippen MR) is 82.8 cm³/mol. The number of amides is 1. The van der Waals surface area contributed by atoms with E-state index in [1.165, 1.54) is 0 Å². The molecule has 2 aromatic rings. The molecule has 0 bridgehead atoms. The molecule has 4 heteroatoms. The number of hydrogen-bond acceptors (Lipinski definition) is 2. The Morgan fingerprint density at radius 1 is 1.25 bits per heavy atom. The molecule has 0 aliphatic carbocycles. The van der Waals surface area contributed by atoms with Crippen LogP contribution in [-0.4, -0.2) is 17.9 Å². The van der Waals surface area contributed by atoms with Crippen LogP contribution in [0.4, 0.5) is 5.69 Å². The molecule has 0 radical (unpaired) electrons. The van der Waals surface area contributed by atoms with Crippen LogP contribution in [0, 0.1) is 6.92 Å². The van der Waals surface area contributed by atoms with Gasteiger partial charge in [-0.1, -0.05) is 41.9 Å². The molecule has 0 heterocycles. The summed E-state index contributed by atoms with van der Waals surface area (Å²) in [7, 11) is 1.78. The van der Waals surface area contributed by atoms with Crippen molar-refractivity contribution >= 4 is 23.2 Å². The van der Waals surface area contributed by atoms with Gasteiger partial charge in [0.2, 0.25) is 0 Å². The normalized spacial score (nSPS) is 10.3. The van der Waals surface area contributed by atoms with Crippen LogP contribution in [0.25, 0.3) is 0 Å². The summed E-state index contributed by atoms with van der Waals surface area (Å²) in [6.45, 7) is 2.41. The Morgan fingerprint density at radius 2 is 1.90 bits per heavy atom. The Balaban J connectivity index is 2.21. The van der Waals surface area contributed by atoms with Gasteiger partial charge >= 0.3 is 0 Å². The Labute approximate surface area is 124 Å². The molecule has 0 unspecified atom stereocenters. The first kappa shape index (κ1) is 14.4. The van der Waals surface area contributed by atoms with E-state index in [9.17, 15) is 4.79 Å². The zero-order chi connectivity index (χ0) is 14.7. The molecule has 3 nitrogen and oxygen atoms in total. The second-order valence-corrected chi connectivity index (χ2v) is 5.24. The fraction of sp³-hybridized carbons (Fsp3) is 0.188. The monoisotopic (exact) mass is 288 g/mol. The minimum absolute atomic E-state index is 0.0604. The number of hydrogen-bond donors (Lipinski definition) is 1. The minimum Gasteiger partial charge on any atom is -0.398 e. The summed E-state index contributed by atoms with van der Waals surface area (Å²) in [6.07, 6.45) is 0. The third-order valence-corrected chi connectivity index (χ3v) is 3.51. The molecule has 0 aliphatic heterocycles. The van der Waals surface area contributed by atoms with Crippen LogP contribution in [0.1, 0.15) is 21.5 Å². The van der Waals surface area contributed by atoms with Gasteiger partial charge < -0.3 is 10.6 Å². The molecule has 2 aromatic carbocycles. The van der Waals surface area contributed by atoms with Gasteiger partial charge in [0, 0.05) is 19.2 Å². The van der Waals surface area contributed by atoms with Gasteiger partial charge in [0.15, 0.2) is 0 Å². The number of carbonyl (C=O) groups is 1. The Kier molecular flexibility index (Phi) is 4.30. The number of halogens is 1. The molecule has 1 amide bonds. The fourth-order valence-electron chi connectivity index (χ4n) is 2.05. The van der Waals surface area contributed by atoms with E-state index in [0.717, 1.165) is 11.1 Å². The average Bonchev–Trinajstić information content (AvgIpc) is 2.43. The zero-order valence-corrected chi connectivity index (χ0v) is 12.3. The summed E-state index contributed by atoms with van der Waals surface area (Å²) in [6, 6.07) is 13.2. The number of anilines is 1. The molecule has 2 rings (SSSR count). The van der Waals surface area contributed by atoms with E-state index in [0.29, 0.717) is 22.8 Å². The van der Waals surface area contributed by atoms with Gasteiger partial charge in [-0.2, -0.15) is 0 Å². The van der Waals surface area contributed by atoms with Crippen molar-refractivity contribution in [2.45, 2.75) is 13.5 Å². The highest BCUT2D eigenvalue weighted by molar-refractivity contribution is 6.33. The van der Waals surface area contributed by atoms with Crippen molar-refractivity contribution in [3.63, 3.8) is 0 Å². The predicted octanol–water partition coefficient (Wildman–Crippen LogP) is 3.50. The molecular formula is C16H17ClN2O. The van der Waals surface area contributed by atoms with E-state index in [1.54, 1.807) is 24.1 Å². The molecule has 0 saturated heterocycles. The Morgan fingerprint density at radius 3 is 2.55 bits per heavy atom. The first-order valence-corrected chi connectivity index (χ1v) is 6.72. The van der Waals surface area contributed by atoms with E-state index in [2.05, 4.69) is 0 Å². The van der Waals surface area contributed by atoms with Crippen LogP contribution in [0.15, 0.2) is 42.5 Å². The molecule has 0 aromatic heterocycles. The molecule has 20 heavy (non-hydrogen) atoms. The second-order valence-electron chi connectivity index (χ2n) is 4.84. The molecule has 104 valence electrons. The first-order valence-electron chi connectivity index (χ1n) is 6.34. The smallest absolute Gasteiger partial charge is 0.254 e.